The molecular formula is C24H25N3O3. The van der Waals surface area contributed by atoms with Crippen molar-refractivity contribution >= 4 is 22.4 Å². The molecule has 0 amide bonds. The molecule has 0 aliphatic carbocycles. The number of aryl methyl sites for hydroxylation is 2. The van der Waals surface area contributed by atoms with Crippen molar-refractivity contribution in [3.8, 4) is 11.5 Å². The van der Waals surface area contributed by atoms with Crippen LogP contribution in [0.2, 0.25) is 0 Å². The second kappa shape index (κ2) is 7.29. The fraction of sp³-hybridized carbons (Fsp3) is 0.333. The zero-order chi connectivity index (χ0) is 20.8. The molecule has 0 radical (unpaired) electrons. The first-order valence-electron chi connectivity index (χ1n) is 10.3. The summed E-state index contributed by atoms with van der Waals surface area (Å²) < 4.78 is 11.1. The number of ketones is 1. The second-order valence-corrected chi connectivity index (χ2v) is 8.16. The van der Waals surface area contributed by atoms with E-state index in [0.717, 1.165) is 48.3 Å². The third-order valence-corrected chi connectivity index (χ3v) is 6.17. The monoisotopic (exact) mass is 403 g/mol. The van der Waals surface area contributed by atoms with Gasteiger partial charge in [0.1, 0.15) is 0 Å². The lowest BCUT2D eigenvalue weighted by atomic mass is 9.97. The lowest BCUT2D eigenvalue weighted by molar-refractivity contribution is 0.103. The number of hydrogen-bond donors (Lipinski definition) is 0. The van der Waals surface area contributed by atoms with Gasteiger partial charge in [-0.2, -0.15) is 0 Å². The number of carbonyl (C=O) groups is 1. The van der Waals surface area contributed by atoms with Gasteiger partial charge in [-0.15, -0.1) is 0 Å². The predicted octanol–water partition coefficient (Wildman–Crippen LogP) is 3.56. The molecule has 6 nitrogen and oxygen atoms in total. The van der Waals surface area contributed by atoms with Crippen LogP contribution in [-0.4, -0.2) is 55.7 Å². The van der Waals surface area contributed by atoms with Crippen molar-refractivity contribution in [1.29, 1.82) is 0 Å². The molecule has 0 bridgehead atoms. The Bertz CT molecular complexity index is 1150. The number of aromatic nitrogens is 1. The molecule has 5 rings (SSSR count). The number of pyridine rings is 1. The molecule has 6 heteroatoms. The minimum Gasteiger partial charge on any atom is -0.454 e. The summed E-state index contributed by atoms with van der Waals surface area (Å²) in [6.45, 7) is 7.92. The van der Waals surface area contributed by atoms with Crippen molar-refractivity contribution in [2.24, 2.45) is 0 Å². The van der Waals surface area contributed by atoms with Crippen molar-refractivity contribution in [1.82, 2.24) is 9.88 Å². The Morgan fingerprint density at radius 3 is 2.43 bits per heavy atom. The highest BCUT2D eigenvalue weighted by Crippen LogP contribution is 2.40. The molecule has 1 saturated heterocycles. The zero-order valence-electron chi connectivity index (χ0n) is 17.6. The molecule has 1 aromatic heterocycles. The summed E-state index contributed by atoms with van der Waals surface area (Å²) in [5.74, 6) is 1.40. The molecule has 3 aromatic rings. The van der Waals surface area contributed by atoms with E-state index in [1.54, 1.807) is 6.20 Å². The van der Waals surface area contributed by atoms with Crippen LogP contribution in [0, 0.1) is 13.8 Å². The number of hydrogen-bond acceptors (Lipinski definition) is 6. The van der Waals surface area contributed by atoms with Gasteiger partial charge in [0.2, 0.25) is 6.79 Å². The van der Waals surface area contributed by atoms with Crippen LogP contribution in [0.15, 0.2) is 36.5 Å². The number of piperazine rings is 1. The summed E-state index contributed by atoms with van der Waals surface area (Å²) in [6.07, 6.45) is 1.72. The molecule has 0 atom stereocenters. The Morgan fingerprint density at radius 2 is 1.70 bits per heavy atom. The Kier molecular flexibility index (Phi) is 4.59. The van der Waals surface area contributed by atoms with Crippen molar-refractivity contribution < 1.29 is 14.3 Å². The summed E-state index contributed by atoms with van der Waals surface area (Å²) in [5.41, 5.74) is 5.36. The van der Waals surface area contributed by atoms with Crippen LogP contribution in [0.1, 0.15) is 27.0 Å². The molecule has 3 heterocycles. The number of fused-ring (bicyclic) bond motifs is 2. The van der Waals surface area contributed by atoms with E-state index in [1.165, 1.54) is 5.56 Å². The molecule has 2 aliphatic heterocycles. The van der Waals surface area contributed by atoms with Gasteiger partial charge in [-0.3, -0.25) is 9.78 Å². The molecule has 0 unspecified atom stereocenters. The number of rotatable bonds is 3. The summed E-state index contributed by atoms with van der Waals surface area (Å²) >= 11 is 0. The summed E-state index contributed by atoms with van der Waals surface area (Å²) in [7, 11) is 2.13. The Hall–Kier alpha value is -3.12. The molecule has 1 fully saturated rings. The van der Waals surface area contributed by atoms with Gasteiger partial charge in [-0.1, -0.05) is 12.1 Å². The van der Waals surface area contributed by atoms with E-state index < -0.39 is 0 Å². The third-order valence-electron chi connectivity index (χ3n) is 6.17. The second-order valence-electron chi connectivity index (χ2n) is 8.16. The topological polar surface area (TPSA) is 54.9 Å². The molecule has 2 aromatic carbocycles. The van der Waals surface area contributed by atoms with Crippen molar-refractivity contribution in [3.05, 3.63) is 58.8 Å². The lowest BCUT2D eigenvalue weighted by Gasteiger charge is -2.35. The molecule has 0 saturated carbocycles. The molecule has 30 heavy (non-hydrogen) atoms. The molecule has 0 N–H and O–H groups in total. The highest BCUT2D eigenvalue weighted by atomic mass is 16.7. The fourth-order valence-corrected chi connectivity index (χ4v) is 4.14. The number of likely N-dealkylation sites (N-methyl/N-ethyl adjacent to an activating group) is 1. The number of nitrogens with zero attached hydrogens (tertiary/aromatic N) is 3. The molecule has 0 spiro atoms. The van der Waals surface area contributed by atoms with Crippen LogP contribution in [0.25, 0.3) is 10.9 Å². The first kappa shape index (κ1) is 18.9. The van der Waals surface area contributed by atoms with E-state index in [4.69, 9.17) is 9.47 Å². The Morgan fingerprint density at radius 1 is 0.967 bits per heavy atom. The zero-order valence-corrected chi connectivity index (χ0v) is 17.6. The quantitative estimate of drug-likeness (QED) is 0.624. The van der Waals surface area contributed by atoms with Crippen LogP contribution in [0.4, 0.5) is 5.69 Å². The maximum Gasteiger partial charge on any atom is 0.231 e. The number of benzene rings is 2. The first-order valence-corrected chi connectivity index (χ1v) is 10.3. The van der Waals surface area contributed by atoms with Gasteiger partial charge < -0.3 is 19.3 Å². The number of carbonyl (C=O) groups excluding carboxylic acids is 1. The SMILES string of the molecule is Cc1ccc(C(=O)c2cnc3cc4c(cc3c2N2CCN(C)CC2)OCO4)cc1C. The van der Waals surface area contributed by atoms with Crippen LogP contribution in [-0.2, 0) is 0 Å². The Balaban J connectivity index is 1.68. The standard InChI is InChI=1S/C24H25N3O3/c1-15-4-5-17(10-16(15)2)24(28)19-13-25-20-12-22-21(29-14-30-22)11-18(20)23(19)27-8-6-26(3)7-9-27/h4-5,10-13H,6-9,14H2,1-3H3. The van der Waals surface area contributed by atoms with Crippen molar-refractivity contribution in [2.75, 3.05) is 44.9 Å². The average Bonchev–Trinajstić information content (AvgIpc) is 3.21. The first-order chi connectivity index (χ1) is 14.5. The van der Waals surface area contributed by atoms with E-state index in [0.29, 0.717) is 22.6 Å². The lowest BCUT2D eigenvalue weighted by Crippen LogP contribution is -2.45. The van der Waals surface area contributed by atoms with Gasteiger partial charge in [-0.05, 0) is 44.2 Å². The maximum atomic E-state index is 13.6. The van der Waals surface area contributed by atoms with Crippen LogP contribution in [0.3, 0.4) is 0 Å². The normalized spacial score (nSPS) is 16.3. The predicted molar refractivity (Wildman–Crippen MR) is 117 cm³/mol. The van der Waals surface area contributed by atoms with Crippen LogP contribution in [0.5, 0.6) is 11.5 Å². The van der Waals surface area contributed by atoms with E-state index >= 15 is 0 Å². The van der Waals surface area contributed by atoms with Gasteiger partial charge >= 0.3 is 0 Å². The van der Waals surface area contributed by atoms with Gasteiger partial charge in [-0.25, -0.2) is 0 Å². The number of anilines is 1. The van der Waals surface area contributed by atoms with Gasteiger partial charge in [0, 0.05) is 49.4 Å². The van der Waals surface area contributed by atoms with Crippen molar-refractivity contribution in [3.63, 3.8) is 0 Å². The van der Waals surface area contributed by atoms with Gasteiger partial charge in [0.15, 0.2) is 17.3 Å². The third kappa shape index (κ3) is 3.17. The summed E-state index contributed by atoms with van der Waals surface area (Å²) in [5, 5.41) is 0.929. The molecule has 154 valence electrons. The van der Waals surface area contributed by atoms with E-state index in [1.807, 2.05) is 37.3 Å². The summed E-state index contributed by atoms with van der Waals surface area (Å²) in [4.78, 5) is 22.8. The van der Waals surface area contributed by atoms with Gasteiger partial charge in [0.25, 0.3) is 0 Å². The largest absolute Gasteiger partial charge is 0.454 e. The molecule has 2 aliphatic rings. The fourth-order valence-electron chi connectivity index (χ4n) is 4.14. The minimum atomic E-state index is -0.000838. The summed E-state index contributed by atoms with van der Waals surface area (Å²) in [6, 6.07) is 9.75. The van der Waals surface area contributed by atoms with Crippen molar-refractivity contribution in [2.45, 2.75) is 13.8 Å². The van der Waals surface area contributed by atoms with Crippen LogP contribution >= 0.6 is 0 Å². The van der Waals surface area contributed by atoms with Gasteiger partial charge in [0.05, 0.1) is 16.8 Å². The average molecular weight is 403 g/mol. The number of ether oxygens (including phenoxy) is 2. The smallest absolute Gasteiger partial charge is 0.231 e. The van der Waals surface area contributed by atoms with E-state index in [9.17, 15) is 4.79 Å². The van der Waals surface area contributed by atoms with Crippen LogP contribution < -0.4 is 14.4 Å². The minimum absolute atomic E-state index is 0.000838. The highest BCUT2D eigenvalue weighted by molar-refractivity contribution is 6.16. The maximum absolute atomic E-state index is 13.6. The Labute approximate surface area is 176 Å². The van der Waals surface area contributed by atoms with E-state index in [-0.39, 0.29) is 12.6 Å². The van der Waals surface area contributed by atoms with E-state index in [2.05, 4.69) is 28.8 Å². The molecular weight excluding hydrogens is 378 g/mol. The highest BCUT2D eigenvalue weighted by Gasteiger charge is 2.26.